The van der Waals surface area contributed by atoms with Gasteiger partial charge in [0, 0.05) is 18.4 Å². The molecule has 3 nitrogen and oxygen atoms in total. The van der Waals surface area contributed by atoms with Crippen molar-refractivity contribution in [2.24, 2.45) is 11.7 Å². The smallest absolute Gasteiger partial charge is 0.140 e. The molecule has 0 radical (unpaired) electrons. The van der Waals surface area contributed by atoms with Gasteiger partial charge in [-0.1, -0.05) is 18.6 Å². The van der Waals surface area contributed by atoms with Crippen LogP contribution in [0.4, 0.5) is 0 Å². The second-order valence-electron chi connectivity index (χ2n) is 4.94. The number of aromatic hydroxyl groups is 1. The van der Waals surface area contributed by atoms with E-state index in [4.69, 9.17) is 5.73 Å². The summed E-state index contributed by atoms with van der Waals surface area (Å²) in [7, 11) is 0. The zero-order valence-electron chi connectivity index (χ0n) is 9.93. The third-order valence-electron chi connectivity index (χ3n) is 3.46. The van der Waals surface area contributed by atoms with Gasteiger partial charge in [0.2, 0.25) is 0 Å². The number of nitrogens with two attached hydrogens (primary N) is 1. The van der Waals surface area contributed by atoms with Crippen LogP contribution in [-0.4, -0.2) is 16.9 Å². The summed E-state index contributed by atoms with van der Waals surface area (Å²) in [5, 5.41) is 9.35. The predicted molar refractivity (Wildman–Crippen MR) is 66.8 cm³/mol. The lowest BCUT2D eigenvalue weighted by molar-refractivity contribution is -0.123. The lowest BCUT2D eigenvalue weighted by atomic mass is 9.82. The highest BCUT2D eigenvalue weighted by Gasteiger charge is 2.25. The number of benzene rings is 1. The minimum Gasteiger partial charge on any atom is -0.508 e. The van der Waals surface area contributed by atoms with E-state index in [1.54, 1.807) is 18.2 Å². The van der Waals surface area contributed by atoms with Gasteiger partial charge in [0.05, 0.1) is 0 Å². The normalized spacial score (nSPS) is 24.5. The Hall–Kier alpha value is -1.35. The second kappa shape index (κ2) is 5.32. The first-order valence-corrected chi connectivity index (χ1v) is 6.21. The minimum absolute atomic E-state index is 0.112. The number of rotatable bonds is 3. The number of carbonyl (C=O) groups is 1. The SMILES string of the molecule is NC1CCCC(C(=O)Cc2cccc(O)c2)C1. The predicted octanol–water partition coefficient (Wildman–Crippen LogP) is 2.02. The summed E-state index contributed by atoms with van der Waals surface area (Å²) in [6, 6.07) is 7.10. The van der Waals surface area contributed by atoms with Crippen molar-refractivity contribution in [2.75, 3.05) is 0 Å². The van der Waals surface area contributed by atoms with Crippen molar-refractivity contribution < 1.29 is 9.90 Å². The summed E-state index contributed by atoms with van der Waals surface area (Å²) in [5.41, 5.74) is 6.77. The number of phenols is 1. The second-order valence-corrected chi connectivity index (χ2v) is 4.94. The van der Waals surface area contributed by atoms with Crippen molar-refractivity contribution in [3.05, 3.63) is 29.8 Å². The summed E-state index contributed by atoms with van der Waals surface area (Å²) in [6.45, 7) is 0. The Balaban J connectivity index is 1.96. The maximum atomic E-state index is 12.1. The van der Waals surface area contributed by atoms with E-state index in [0.29, 0.717) is 6.42 Å². The molecule has 0 aliphatic heterocycles. The Morgan fingerprint density at radius 3 is 2.94 bits per heavy atom. The molecule has 0 heterocycles. The van der Waals surface area contributed by atoms with Crippen LogP contribution in [-0.2, 0) is 11.2 Å². The lowest BCUT2D eigenvalue weighted by Crippen LogP contribution is -2.32. The molecule has 0 aromatic heterocycles. The van der Waals surface area contributed by atoms with Crippen molar-refractivity contribution in [1.82, 2.24) is 0 Å². The Bertz CT molecular complexity index is 403. The van der Waals surface area contributed by atoms with Gasteiger partial charge >= 0.3 is 0 Å². The number of Topliss-reactive ketones (excluding diaryl/α,β-unsaturated/α-hetero) is 1. The van der Waals surface area contributed by atoms with E-state index in [9.17, 15) is 9.90 Å². The van der Waals surface area contributed by atoms with Crippen LogP contribution in [0.5, 0.6) is 5.75 Å². The monoisotopic (exact) mass is 233 g/mol. The van der Waals surface area contributed by atoms with Gasteiger partial charge in [-0.3, -0.25) is 4.79 Å². The zero-order valence-corrected chi connectivity index (χ0v) is 9.93. The number of hydrogen-bond acceptors (Lipinski definition) is 3. The average molecular weight is 233 g/mol. The van der Waals surface area contributed by atoms with Crippen LogP contribution in [0.15, 0.2) is 24.3 Å². The van der Waals surface area contributed by atoms with Crippen LogP contribution < -0.4 is 5.73 Å². The van der Waals surface area contributed by atoms with Gasteiger partial charge in [-0.05, 0) is 37.0 Å². The highest BCUT2D eigenvalue weighted by atomic mass is 16.3. The molecule has 2 rings (SSSR count). The lowest BCUT2D eigenvalue weighted by Gasteiger charge is -2.25. The minimum atomic E-state index is 0.112. The Kier molecular flexibility index (Phi) is 3.79. The van der Waals surface area contributed by atoms with Crippen LogP contribution >= 0.6 is 0 Å². The first-order valence-electron chi connectivity index (χ1n) is 6.21. The van der Waals surface area contributed by atoms with Crippen molar-refractivity contribution in [2.45, 2.75) is 38.1 Å². The molecule has 1 aliphatic carbocycles. The number of carbonyl (C=O) groups excluding carboxylic acids is 1. The molecule has 17 heavy (non-hydrogen) atoms. The third-order valence-corrected chi connectivity index (χ3v) is 3.46. The molecule has 3 N–H and O–H groups in total. The summed E-state index contributed by atoms with van der Waals surface area (Å²) < 4.78 is 0. The zero-order chi connectivity index (χ0) is 12.3. The molecule has 92 valence electrons. The Morgan fingerprint density at radius 1 is 1.41 bits per heavy atom. The van der Waals surface area contributed by atoms with Crippen molar-refractivity contribution >= 4 is 5.78 Å². The fraction of sp³-hybridized carbons (Fsp3) is 0.500. The van der Waals surface area contributed by atoms with Gasteiger partial charge in [-0.25, -0.2) is 0 Å². The molecule has 1 saturated carbocycles. The van der Waals surface area contributed by atoms with Gasteiger partial charge in [0.25, 0.3) is 0 Å². The van der Waals surface area contributed by atoms with E-state index < -0.39 is 0 Å². The highest BCUT2D eigenvalue weighted by Crippen LogP contribution is 2.25. The topological polar surface area (TPSA) is 63.3 Å². The fourth-order valence-electron chi connectivity index (χ4n) is 2.53. The molecule has 3 heteroatoms. The molecular weight excluding hydrogens is 214 g/mol. The summed E-state index contributed by atoms with van der Waals surface area (Å²) in [6.07, 6.45) is 4.28. The number of hydrogen-bond donors (Lipinski definition) is 2. The summed E-state index contributed by atoms with van der Waals surface area (Å²) in [5.74, 6) is 0.586. The molecular formula is C14H19NO2. The van der Waals surface area contributed by atoms with Crippen LogP contribution in [0.3, 0.4) is 0 Å². The van der Waals surface area contributed by atoms with E-state index in [1.165, 1.54) is 0 Å². The van der Waals surface area contributed by atoms with Gasteiger partial charge in [0.15, 0.2) is 0 Å². The maximum absolute atomic E-state index is 12.1. The van der Waals surface area contributed by atoms with Crippen molar-refractivity contribution in [1.29, 1.82) is 0 Å². The van der Waals surface area contributed by atoms with E-state index in [2.05, 4.69) is 0 Å². The fourth-order valence-corrected chi connectivity index (χ4v) is 2.53. The Morgan fingerprint density at radius 2 is 2.24 bits per heavy atom. The molecule has 2 unspecified atom stereocenters. The van der Waals surface area contributed by atoms with E-state index in [0.717, 1.165) is 31.2 Å². The molecule has 0 saturated heterocycles. The summed E-state index contributed by atoms with van der Waals surface area (Å²) in [4.78, 5) is 12.1. The summed E-state index contributed by atoms with van der Waals surface area (Å²) >= 11 is 0. The van der Waals surface area contributed by atoms with E-state index in [-0.39, 0.29) is 23.5 Å². The Labute approximate surface area is 102 Å². The molecule has 1 aliphatic rings. The highest BCUT2D eigenvalue weighted by molar-refractivity contribution is 5.83. The molecule has 1 aromatic carbocycles. The molecule has 0 bridgehead atoms. The van der Waals surface area contributed by atoms with Crippen LogP contribution in [0, 0.1) is 5.92 Å². The molecule has 2 atom stereocenters. The quantitative estimate of drug-likeness (QED) is 0.839. The maximum Gasteiger partial charge on any atom is 0.140 e. The van der Waals surface area contributed by atoms with Crippen molar-refractivity contribution in [3.8, 4) is 5.75 Å². The molecule has 0 spiro atoms. The van der Waals surface area contributed by atoms with Gasteiger partial charge in [-0.15, -0.1) is 0 Å². The standard InChI is InChI=1S/C14H19NO2/c15-12-5-2-4-11(9-12)14(17)8-10-3-1-6-13(16)7-10/h1,3,6-7,11-12,16H,2,4-5,8-9,15H2. The van der Waals surface area contributed by atoms with Gasteiger partial charge in [-0.2, -0.15) is 0 Å². The first-order chi connectivity index (χ1) is 8.15. The van der Waals surface area contributed by atoms with E-state index in [1.807, 2.05) is 6.07 Å². The molecule has 0 amide bonds. The van der Waals surface area contributed by atoms with Crippen LogP contribution in [0.25, 0.3) is 0 Å². The molecule has 1 fully saturated rings. The average Bonchev–Trinajstić information content (AvgIpc) is 2.29. The van der Waals surface area contributed by atoms with Crippen LogP contribution in [0.1, 0.15) is 31.2 Å². The largest absolute Gasteiger partial charge is 0.508 e. The van der Waals surface area contributed by atoms with E-state index >= 15 is 0 Å². The van der Waals surface area contributed by atoms with Gasteiger partial charge < -0.3 is 10.8 Å². The first kappa shape index (κ1) is 12.1. The third kappa shape index (κ3) is 3.30. The van der Waals surface area contributed by atoms with Crippen molar-refractivity contribution in [3.63, 3.8) is 0 Å². The number of phenolic OH excluding ortho intramolecular Hbond substituents is 1. The molecule has 1 aromatic rings. The van der Waals surface area contributed by atoms with Gasteiger partial charge in [0.1, 0.15) is 11.5 Å². The van der Waals surface area contributed by atoms with Crippen LogP contribution in [0.2, 0.25) is 0 Å². The number of ketones is 1.